The average molecular weight is 311 g/mol. The maximum atomic E-state index is 11.9. The zero-order valence-electron chi connectivity index (χ0n) is 10.1. The largest absolute Gasteiger partial charge is 0.326 e. The Morgan fingerprint density at radius 3 is 2.78 bits per heavy atom. The van der Waals surface area contributed by atoms with Gasteiger partial charge in [-0.1, -0.05) is 18.5 Å². The molecule has 2 N–H and O–H groups in total. The number of hydrogen-bond acceptors (Lipinski definition) is 4. The Labute approximate surface area is 115 Å². The Hall–Kier alpha value is -0.500. The van der Waals surface area contributed by atoms with E-state index in [1.54, 1.807) is 11.8 Å². The summed E-state index contributed by atoms with van der Waals surface area (Å²) >= 11 is 7.25. The van der Waals surface area contributed by atoms with Gasteiger partial charge >= 0.3 is 0 Å². The van der Waals surface area contributed by atoms with Gasteiger partial charge in [0.25, 0.3) is 5.56 Å². The third-order valence-corrected chi connectivity index (χ3v) is 4.80. The highest BCUT2D eigenvalue weighted by Crippen LogP contribution is 2.11. The Morgan fingerprint density at radius 2 is 2.22 bits per heavy atom. The fraction of sp³-hybridized carbons (Fsp3) is 0.500. The molecule has 0 aliphatic carbocycles. The van der Waals surface area contributed by atoms with Crippen LogP contribution in [0.15, 0.2) is 22.0 Å². The molecule has 0 amide bonds. The van der Waals surface area contributed by atoms with Crippen molar-refractivity contribution in [1.29, 1.82) is 0 Å². The first kappa shape index (κ1) is 15.6. The molecule has 1 aromatic rings. The summed E-state index contributed by atoms with van der Waals surface area (Å²) in [4.78, 5) is 13.3. The molecule has 0 aromatic carbocycles. The van der Waals surface area contributed by atoms with Gasteiger partial charge in [-0.05, 0) is 24.0 Å². The van der Waals surface area contributed by atoms with Crippen LogP contribution in [0, 0.1) is 5.92 Å². The Bertz CT molecular complexity index is 556. The first-order valence-corrected chi connectivity index (χ1v) is 8.49. The Balaban J connectivity index is 2.80. The molecule has 102 valence electrons. The second-order valence-electron chi connectivity index (χ2n) is 3.92. The van der Waals surface area contributed by atoms with Gasteiger partial charge < -0.3 is 4.98 Å². The summed E-state index contributed by atoms with van der Waals surface area (Å²) < 4.78 is 26.3. The first-order chi connectivity index (χ1) is 8.36. The molecule has 1 rings (SSSR count). The van der Waals surface area contributed by atoms with Crippen molar-refractivity contribution >= 4 is 33.4 Å². The highest BCUT2D eigenvalue weighted by atomic mass is 35.5. The molecule has 0 saturated carbocycles. The van der Waals surface area contributed by atoms with Crippen LogP contribution in [0.25, 0.3) is 0 Å². The lowest BCUT2D eigenvalue weighted by Gasteiger charge is -2.11. The molecule has 0 saturated heterocycles. The number of hydrogen-bond donors (Lipinski definition) is 2. The molecule has 0 fully saturated rings. The molecule has 18 heavy (non-hydrogen) atoms. The van der Waals surface area contributed by atoms with E-state index in [-0.39, 0.29) is 15.8 Å². The highest BCUT2D eigenvalue weighted by Gasteiger charge is 2.16. The molecular formula is C10H15ClN2O3S2. The molecule has 8 heteroatoms. The zero-order valence-corrected chi connectivity index (χ0v) is 12.5. The van der Waals surface area contributed by atoms with E-state index in [2.05, 4.69) is 9.71 Å². The summed E-state index contributed by atoms with van der Waals surface area (Å²) in [7, 11) is -3.63. The molecule has 0 aliphatic rings. The number of halogens is 1. The maximum absolute atomic E-state index is 11.9. The van der Waals surface area contributed by atoms with E-state index >= 15 is 0 Å². The molecule has 1 atom stereocenters. The van der Waals surface area contributed by atoms with Gasteiger partial charge in [-0.2, -0.15) is 11.8 Å². The van der Waals surface area contributed by atoms with Crippen molar-refractivity contribution in [2.24, 2.45) is 5.92 Å². The predicted molar refractivity (Wildman–Crippen MR) is 74.8 cm³/mol. The molecule has 1 aromatic heterocycles. The van der Waals surface area contributed by atoms with Gasteiger partial charge in [0.05, 0.1) is 4.90 Å². The smallest absolute Gasteiger partial charge is 0.266 e. The van der Waals surface area contributed by atoms with Crippen molar-refractivity contribution in [2.45, 2.75) is 11.8 Å². The number of nitrogens with one attached hydrogen (secondary N) is 2. The van der Waals surface area contributed by atoms with Crippen LogP contribution in [-0.2, 0) is 10.0 Å². The maximum Gasteiger partial charge on any atom is 0.266 e. The monoisotopic (exact) mass is 310 g/mol. The van der Waals surface area contributed by atoms with Crippen LogP contribution < -0.4 is 10.3 Å². The van der Waals surface area contributed by atoms with E-state index < -0.39 is 15.6 Å². The van der Waals surface area contributed by atoms with Gasteiger partial charge in [-0.25, -0.2) is 13.1 Å². The van der Waals surface area contributed by atoms with Gasteiger partial charge in [0.15, 0.2) is 0 Å². The second-order valence-corrected chi connectivity index (χ2v) is 7.01. The van der Waals surface area contributed by atoms with Crippen molar-refractivity contribution in [3.05, 3.63) is 27.6 Å². The molecule has 0 radical (unpaired) electrons. The Kier molecular flexibility index (Phi) is 5.71. The summed E-state index contributed by atoms with van der Waals surface area (Å²) in [6, 6.07) is 1.14. The number of pyridine rings is 1. The lowest BCUT2D eigenvalue weighted by Crippen LogP contribution is -2.29. The second kappa shape index (κ2) is 6.60. The zero-order chi connectivity index (χ0) is 13.8. The fourth-order valence-corrected chi connectivity index (χ4v) is 3.35. The van der Waals surface area contributed by atoms with Crippen molar-refractivity contribution < 1.29 is 8.42 Å². The van der Waals surface area contributed by atoms with Crippen molar-refractivity contribution in [2.75, 3.05) is 18.6 Å². The standard InChI is InChI=1S/C10H15ClN2O3S2/c1-7(6-17-2)4-13-18(15,16)8-3-9(11)10(14)12-5-8/h3,5,7,13H,4,6H2,1-2H3,(H,12,14). The molecule has 0 bridgehead atoms. The molecule has 5 nitrogen and oxygen atoms in total. The lowest BCUT2D eigenvalue weighted by atomic mass is 10.2. The predicted octanol–water partition coefficient (Wildman–Crippen LogP) is 1.31. The molecule has 1 unspecified atom stereocenters. The van der Waals surface area contributed by atoms with E-state index in [4.69, 9.17) is 11.6 Å². The van der Waals surface area contributed by atoms with Gasteiger partial charge in [0.1, 0.15) is 5.02 Å². The minimum Gasteiger partial charge on any atom is -0.326 e. The summed E-state index contributed by atoms with van der Waals surface area (Å²) in [5.74, 6) is 1.10. The van der Waals surface area contributed by atoms with Crippen molar-refractivity contribution in [3.63, 3.8) is 0 Å². The van der Waals surface area contributed by atoms with Crippen LogP contribution in [0.3, 0.4) is 0 Å². The normalized spacial score (nSPS) is 13.5. The molecule has 1 heterocycles. The Morgan fingerprint density at radius 1 is 1.56 bits per heavy atom. The summed E-state index contributed by atoms with van der Waals surface area (Å²) in [5, 5.41) is -0.143. The van der Waals surface area contributed by atoms with Crippen LogP contribution in [0.2, 0.25) is 5.02 Å². The molecular weight excluding hydrogens is 296 g/mol. The number of H-pyrrole nitrogens is 1. The van der Waals surface area contributed by atoms with Crippen LogP contribution in [-0.4, -0.2) is 32.0 Å². The SMILES string of the molecule is CSCC(C)CNS(=O)(=O)c1c[nH]c(=O)c(Cl)c1. The number of aromatic nitrogens is 1. The fourth-order valence-electron chi connectivity index (χ4n) is 1.27. The van der Waals surface area contributed by atoms with Crippen LogP contribution in [0.5, 0.6) is 0 Å². The van der Waals surface area contributed by atoms with Gasteiger partial charge in [-0.3, -0.25) is 4.79 Å². The highest BCUT2D eigenvalue weighted by molar-refractivity contribution is 7.98. The summed E-state index contributed by atoms with van der Waals surface area (Å²) in [6.07, 6.45) is 3.10. The van der Waals surface area contributed by atoms with Crippen LogP contribution in [0.4, 0.5) is 0 Å². The summed E-state index contributed by atoms with van der Waals surface area (Å²) in [6.45, 7) is 2.30. The van der Waals surface area contributed by atoms with E-state index in [9.17, 15) is 13.2 Å². The van der Waals surface area contributed by atoms with Crippen LogP contribution >= 0.6 is 23.4 Å². The minimum atomic E-state index is -3.63. The van der Waals surface area contributed by atoms with Gasteiger partial charge in [0.2, 0.25) is 10.0 Å². The topological polar surface area (TPSA) is 79.0 Å². The number of rotatable bonds is 6. The van der Waals surface area contributed by atoms with Crippen LogP contribution in [0.1, 0.15) is 6.92 Å². The number of aromatic amines is 1. The number of sulfonamides is 1. The van der Waals surface area contributed by atoms with E-state index in [1.807, 2.05) is 13.2 Å². The van der Waals surface area contributed by atoms with Gasteiger partial charge in [0, 0.05) is 12.7 Å². The molecule has 0 aliphatic heterocycles. The third-order valence-electron chi connectivity index (χ3n) is 2.21. The van der Waals surface area contributed by atoms with E-state index in [1.165, 1.54) is 0 Å². The third kappa shape index (κ3) is 4.31. The van der Waals surface area contributed by atoms with Crippen molar-refractivity contribution in [1.82, 2.24) is 9.71 Å². The van der Waals surface area contributed by atoms with E-state index in [0.29, 0.717) is 6.54 Å². The molecule has 0 spiro atoms. The summed E-state index contributed by atoms with van der Waals surface area (Å²) in [5.41, 5.74) is -0.508. The lowest BCUT2D eigenvalue weighted by molar-refractivity contribution is 0.562. The first-order valence-electron chi connectivity index (χ1n) is 5.23. The van der Waals surface area contributed by atoms with Gasteiger partial charge in [-0.15, -0.1) is 0 Å². The average Bonchev–Trinajstić information content (AvgIpc) is 2.30. The minimum absolute atomic E-state index is 0.0385. The number of thioether (sulfide) groups is 1. The quantitative estimate of drug-likeness (QED) is 0.830. The van der Waals surface area contributed by atoms with E-state index in [0.717, 1.165) is 18.0 Å². The van der Waals surface area contributed by atoms with Crippen molar-refractivity contribution in [3.8, 4) is 0 Å².